The summed E-state index contributed by atoms with van der Waals surface area (Å²) in [5, 5.41) is 12.7. The molecule has 0 bridgehead atoms. The van der Waals surface area contributed by atoms with Crippen molar-refractivity contribution in [2.45, 2.75) is 0 Å². The summed E-state index contributed by atoms with van der Waals surface area (Å²) < 4.78 is 0. The fourth-order valence-corrected chi connectivity index (χ4v) is 2.23. The van der Waals surface area contributed by atoms with Gasteiger partial charge in [0.05, 0.1) is 11.3 Å². The Kier molecular flexibility index (Phi) is 3.66. The van der Waals surface area contributed by atoms with E-state index in [0.717, 1.165) is 22.5 Å². The molecular formula is C19H14N2. The van der Waals surface area contributed by atoms with Crippen molar-refractivity contribution in [1.82, 2.24) is 0 Å². The zero-order valence-corrected chi connectivity index (χ0v) is 11.5. The fourth-order valence-electron chi connectivity index (χ4n) is 2.23. The Balaban J connectivity index is 1.95. The highest BCUT2D eigenvalue weighted by molar-refractivity contribution is 5.73. The summed E-state index contributed by atoms with van der Waals surface area (Å²) in [6.45, 7) is 0. The number of nitrogens with one attached hydrogen (secondary N) is 1. The molecule has 0 saturated heterocycles. The number of para-hydroxylation sites is 1. The van der Waals surface area contributed by atoms with Crippen LogP contribution in [0.25, 0.3) is 11.1 Å². The lowest BCUT2D eigenvalue weighted by molar-refractivity contribution is 1.46. The van der Waals surface area contributed by atoms with Gasteiger partial charge in [-0.05, 0) is 35.4 Å². The van der Waals surface area contributed by atoms with Crippen LogP contribution >= 0.6 is 0 Å². The molecule has 0 aliphatic rings. The van der Waals surface area contributed by atoms with Crippen LogP contribution in [-0.2, 0) is 0 Å². The van der Waals surface area contributed by atoms with Crippen LogP contribution in [0.2, 0.25) is 0 Å². The van der Waals surface area contributed by atoms with E-state index in [1.807, 2.05) is 78.9 Å². The molecule has 0 aliphatic heterocycles. The SMILES string of the molecule is N#Cc1cc(-c2ccccc2)ccc1Nc1ccccc1. The number of hydrogen-bond donors (Lipinski definition) is 1. The van der Waals surface area contributed by atoms with E-state index in [9.17, 15) is 5.26 Å². The highest BCUT2D eigenvalue weighted by atomic mass is 14.9. The molecule has 21 heavy (non-hydrogen) atoms. The molecule has 100 valence electrons. The number of benzene rings is 3. The Morgan fingerprint density at radius 3 is 2.05 bits per heavy atom. The van der Waals surface area contributed by atoms with Crippen LogP contribution < -0.4 is 5.32 Å². The third kappa shape index (κ3) is 2.93. The van der Waals surface area contributed by atoms with Crippen molar-refractivity contribution in [3.63, 3.8) is 0 Å². The Morgan fingerprint density at radius 2 is 1.38 bits per heavy atom. The number of rotatable bonds is 3. The first-order valence-electron chi connectivity index (χ1n) is 6.78. The molecule has 0 radical (unpaired) electrons. The standard InChI is InChI=1S/C19H14N2/c20-14-17-13-16(15-7-3-1-4-8-15)11-12-19(17)21-18-9-5-2-6-10-18/h1-13,21H. The van der Waals surface area contributed by atoms with Crippen LogP contribution in [0.15, 0.2) is 78.9 Å². The molecule has 0 aliphatic carbocycles. The summed E-state index contributed by atoms with van der Waals surface area (Å²) in [7, 11) is 0. The van der Waals surface area contributed by atoms with Gasteiger partial charge in [0.1, 0.15) is 6.07 Å². The molecule has 1 N–H and O–H groups in total. The molecule has 0 unspecified atom stereocenters. The molecule has 3 aromatic rings. The Hall–Kier alpha value is -3.05. The molecular weight excluding hydrogens is 256 g/mol. The first-order valence-corrected chi connectivity index (χ1v) is 6.78. The Morgan fingerprint density at radius 1 is 0.714 bits per heavy atom. The maximum atomic E-state index is 9.38. The number of hydrogen-bond acceptors (Lipinski definition) is 2. The lowest BCUT2D eigenvalue weighted by Gasteiger charge is -2.10. The summed E-state index contributed by atoms with van der Waals surface area (Å²) >= 11 is 0. The Labute approximate surface area is 124 Å². The first-order chi connectivity index (χ1) is 10.4. The van der Waals surface area contributed by atoms with Crippen LogP contribution in [0.5, 0.6) is 0 Å². The van der Waals surface area contributed by atoms with Crippen LogP contribution in [-0.4, -0.2) is 0 Å². The van der Waals surface area contributed by atoms with Crippen molar-refractivity contribution >= 4 is 11.4 Å². The Bertz CT molecular complexity index is 772. The maximum Gasteiger partial charge on any atom is 0.101 e. The predicted octanol–water partition coefficient (Wildman–Crippen LogP) is 4.97. The topological polar surface area (TPSA) is 35.8 Å². The largest absolute Gasteiger partial charge is 0.354 e. The molecule has 2 heteroatoms. The third-order valence-electron chi connectivity index (χ3n) is 3.30. The van der Waals surface area contributed by atoms with Gasteiger partial charge in [-0.2, -0.15) is 5.26 Å². The van der Waals surface area contributed by atoms with Gasteiger partial charge < -0.3 is 5.32 Å². The molecule has 3 aromatic carbocycles. The van der Waals surface area contributed by atoms with Gasteiger partial charge in [0.25, 0.3) is 0 Å². The lowest BCUT2D eigenvalue weighted by atomic mass is 10.0. The summed E-state index contributed by atoms with van der Waals surface area (Å²) in [6, 6.07) is 28.1. The zero-order valence-electron chi connectivity index (χ0n) is 11.5. The first kappa shape index (κ1) is 13.0. The average molecular weight is 270 g/mol. The van der Waals surface area contributed by atoms with E-state index in [1.54, 1.807) is 0 Å². The van der Waals surface area contributed by atoms with Gasteiger partial charge in [-0.1, -0.05) is 54.6 Å². The molecule has 2 nitrogen and oxygen atoms in total. The van der Waals surface area contributed by atoms with Crippen LogP contribution in [0.4, 0.5) is 11.4 Å². The number of anilines is 2. The second-order valence-corrected chi connectivity index (χ2v) is 4.73. The summed E-state index contributed by atoms with van der Waals surface area (Å²) in [5.74, 6) is 0. The molecule has 3 rings (SSSR count). The zero-order chi connectivity index (χ0) is 14.5. The summed E-state index contributed by atoms with van der Waals surface area (Å²) in [6.07, 6.45) is 0. The quantitative estimate of drug-likeness (QED) is 0.729. The minimum Gasteiger partial charge on any atom is -0.354 e. The van der Waals surface area contributed by atoms with Crippen molar-refractivity contribution in [3.05, 3.63) is 84.4 Å². The molecule has 0 spiro atoms. The molecule has 0 saturated carbocycles. The van der Waals surface area contributed by atoms with Crippen molar-refractivity contribution in [1.29, 1.82) is 5.26 Å². The van der Waals surface area contributed by atoms with Gasteiger partial charge >= 0.3 is 0 Å². The third-order valence-corrected chi connectivity index (χ3v) is 3.30. The molecule has 0 fully saturated rings. The number of nitrogens with zero attached hydrogens (tertiary/aromatic N) is 1. The van der Waals surface area contributed by atoms with Crippen LogP contribution in [0, 0.1) is 11.3 Å². The van der Waals surface area contributed by atoms with E-state index in [0.29, 0.717) is 5.56 Å². The van der Waals surface area contributed by atoms with Crippen LogP contribution in [0.3, 0.4) is 0 Å². The molecule has 0 amide bonds. The monoisotopic (exact) mass is 270 g/mol. The van der Waals surface area contributed by atoms with Gasteiger partial charge in [-0.15, -0.1) is 0 Å². The molecule has 0 atom stereocenters. The maximum absolute atomic E-state index is 9.38. The van der Waals surface area contributed by atoms with Gasteiger partial charge in [-0.25, -0.2) is 0 Å². The number of nitriles is 1. The van der Waals surface area contributed by atoms with E-state index in [-0.39, 0.29) is 0 Å². The smallest absolute Gasteiger partial charge is 0.101 e. The second-order valence-electron chi connectivity index (χ2n) is 4.73. The second kappa shape index (κ2) is 5.94. The fraction of sp³-hybridized carbons (Fsp3) is 0. The summed E-state index contributed by atoms with van der Waals surface area (Å²) in [4.78, 5) is 0. The average Bonchev–Trinajstić information content (AvgIpc) is 2.57. The van der Waals surface area contributed by atoms with Gasteiger partial charge in [0, 0.05) is 5.69 Å². The van der Waals surface area contributed by atoms with Gasteiger partial charge in [0.15, 0.2) is 0 Å². The van der Waals surface area contributed by atoms with E-state index in [1.165, 1.54) is 0 Å². The van der Waals surface area contributed by atoms with Gasteiger partial charge in [0.2, 0.25) is 0 Å². The van der Waals surface area contributed by atoms with Crippen molar-refractivity contribution in [3.8, 4) is 17.2 Å². The van der Waals surface area contributed by atoms with E-state index < -0.39 is 0 Å². The van der Waals surface area contributed by atoms with Crippen molar-refractivity contribution in [2.24, 2.45) is 0 Å². The van der Waals surface area contributed by atoms with E-state index >= 15 is 0 Å². The minimum atomic E-state index is 0.639. The van der Waals surface area contributed by atoms with Crippen molar-refractivity contribution < 1.29 is 0 Å². The van der Waals surface area contributed by atoms with E-state index in [2.05, 4.69) is 11.4 Å². The highest BCUT2D eigenvalue weighted by Crippen LogP contribution is 2.26. The highest BCUT2D eigenvalue weighted by Gasteiger charge is 2.05. The summed E-state index contributed by atoms with van der Waals surface area (Å²) in [5.41, 5.74) is 4.59. The predicted molar refractivity (Wildman–Crippen MR) is 86.3 cm³/mol. The minimum absolute atomic E-state index is 0.639. The molecule has 0 heterocycles. The normalized spacial score (nSPS) is 9.86. The lowest BCUT2D eigenvalue weighted by Crippen LogP contribution is -1.93. The van der Waals surface area contributed by atoms with Crippen molar-refractivity contribution in [2.75, 3.05) is 5.32 Å². The van der Waals surface area contributed by atoms with Gasteiger partial charge in [-0.3, -0.25) is 0 Å². The van der Waals surface area contributed by atoms with Crippen LogP contribution in [0.1, 0.15) is 5.56 Å². The van der Waals surface area contributed by atoms with E-state index in [4.69, 9.17) is 0 Å². The molecule has 0 aromatic heterocycles.